The van der Waals surface area contributed by atoms with Gasteiger partial charge in [0.15, 0.2) is 0 Å². The zero-order valence-corrected chi connectivity index (χ0v) is 11.7. The average molecular weight is 272 g/mol. The van der Waals surface area contributed by atoms with E-state index < -0.39 is 7.12 Å². The fraction of sp³-hybridized carbons (Fsp3) is 0.250. The molecule has 0 saturated heterocycles. The minimum atomic E-state index is -1.45. The molecule has 2 N–H and O–H groups in total. The molecule has 0 aliphatic heterocycles. The van der Waals surface area contributed by atoms with Crippen molar-refractivity contribution in [3.8, 4) is 0 Å². The predicted octanol–water partition coefficient (Wildman–Crippen LogP) is 2.22. The standard InChI is InChI=1S/C16H18BFO2/c1-11(2)15-8-5-13(10-16(15)18)9-12-3-6-14(7-4-12)17(19)20/h3-8,10-11,19-20H,9H2,1-2H3. The van der Waals surface area contributed by atoms with E-state index in [0.717, 1.165) is 16.7 Å². The summed E-state index contributed by atoms with van der Waals surface area (Å²) < 4.78 is 13.9. The third-order valence-electron chi connectivity index (χ3n) is 3.37. The fourth-order valence-corrected chi connectivity index (χ4v) is 2.19. The SMILES string of the molecule is CC(C)c1ccc(Cc2ccc(B(O)O)cc2)cc1F. The minimum absolute atomic E-state index is 0.167. The molecule has 2 nitrogen and oxygen atoms in total. The van der Waals surface area contributed by atoms with E-state index in [9.17, 15) is 4.39 Å². The Morgan fingerprint density at radius 3 is 2.10 bits per heavy atom. The summed E-state index contributed by atoms with van der Waals surface area (Å²) in [5, 5.41) is 18.1. The Morgan fingerprint density at radius 2 is 1.60 bits per heavy atom. The molecule has 0 heterocycles. The predicted molar refractivity (Wildman–Crippen MR) is 79.6 cm³/mol. The topological polar surface area (TPSA) is 40.5 Å². The summed E-state index contributed by atoms with van der Waals surface area (Å²) in [6.45, 7) is 3.94. The van der Waals surface area contributed by atoms with E-state index in [4.69, 9.17) is 10.0 Å². The van der Waals surface area contributed by atoms with Crippen LogP contribution in [-0.4, -0.2) is 17.2 Å². The maximum atomic E-state index is 13.9. The summed E-state index contributed by atoms with van der Waals surface area (Å²) >= 11 is 0. The van der Waals surface area contributed by atoms with Gasteiger partial charge in [0.05, 0.1) is 0 Å². The Kier molecular flexibility index (Phi) is 4.58. The first-order chi connectivity index (χ1) is 9.47. The molecule has 0 fully saturated rings. The molecule has 0 atom stereocenters. The van der Waals surface area contributed by atoms with Crippen molar-refractivity contribution in [3.63, 3.8) is 0 Å². The van der Waals surface area contributed by atoms with Gasteiger partial charge >= 0.3 is 7.12 Å². The van der Waals surface area contributed by atoms with Crippen LogP contribution in [0, 0.1) is 5.82 Å². The van der Waals surface area contributed by atoms with Crippen LogP contribution < -0.4 is 5.46 Å². The molecule has 0 aliphatic carbocycles. The van der Waals surface area contributed by atoms with Crippen molar-refractivity contribution < 1.29 is 14.4 Å². The van der Waals surface area contributed by atoms with Crippen LogP contribution in [0.15, 0.2) is 42.5 Å². The largest absolute Gasteiger partial charge is 0.488 e. The molecule has 2 rings (SSSR count). The first-order valence-corrected chi connectivity index (χ1v) is 6.70. The van der Waals surface area contributed by atoms with Gasteiger partial charge in [-0.05, 0) is 40.6 Å². The van der Waals surface area contributed by atoms with Crippen molar-refractivity contribution in [2.75, 3.05) is 0 Å². The second-order valence-electron chi connectivity index (χ2n) is 5.30. The molecule has 0 unspecified atom stereocenters. The van der Waals surface area contributed by atoms with Crippen molar-refractivity contribution in [1.82, 2.24) is 0 Å². The number of halogens is 1. The van der Waals surface area contributed by atoms with Crippen LogP contribution in [0.5, 0.6) is 0 Å². The second kappa shape index (κ2) is 6.20. The van der Waals surface area contributed by atoms with Crippen LogP contribution in [0.1, 0.15) is 36.5 Å². The minimum Gasteiger partial charge on any atom is -0.423 e. The molecular weight excluding hydrogens is 254 g/mol. The van der Waals surface area contributed by atoms with E-state index in [-0.39, 0.29) is 11.7 Å². The molecule has 20 heavy (non-hydrogen) atoms. The van der Waals surface area contributed by atoms with Gasteiger partial charge in [-0.2, -0.15) is 0 Å². The van der Waals surface area contributed by atoms with E-state index in [2.05, 4.69) is 0 Å². The summed E-state index contributed by atoms with van der Waals surface area (Å²) in [6, 6.07) is 12.3. The van der Waals surface area contributed by atoms with Crippen molar-refractivity contribution >= 4 is 12.6 Å². The van der Waals surface area contributed by atoms with E-state index in [1.165, 1.54) is 0 Å². The van der Waals surface area contributed by atoms with Crippen LogP contribution in [0.25, 0.3) is 0 Å². The number of benzene rings is 2. The monoisotopic (exact) mass is 272 g/mol. The van der Waals surface area contributed by atoms with Crippen molar-refractivity contribution in [2.24, 2.45) is 0 Å². The van der Waals surface area contributed by atoms with Crippen molar-refractivity contribution in [2.45, 2.75) is 26.2 Å². The van der Waals surface area contributed by atoms with E-state index in [0.29, 0.717) is 11.9 Å². The number of hydrogen-bond acceptors (Lipinski definition) is 2. The smallest absolute Gasteiger partial charge is 0.423 e. The van der Waals surface area contributed by atoms with Gasteiger partial charge in [-0.25, -0.2) is 4.39 Å². The number of rotatable bonds is 4. The Hall–Kier alpha value is -1.65. The van der Waals surface area contributed by atoms with Gasteiger partial charge in [0.2, 0.25) is 0 Å². The molecule has 4 heteroatoms. The maximum Gasteiger partial charge on any atom is 0.488 e. The van der Waals surface area contributed by atoms with Crippen LogP contribution in [0.3, 0.4) is 0 Å². The molecule has 0 amide bonds. The highest BCUT2D eigenvalue weighted by Gasteiger charge is 2.10. The van der Waals surface area contributed by atoms with Crippen LogP contribution in [0.2, 0.25) is 0 Å². The highest BCUT2D eigenvalue weighted by atomic mass is 19.1. The third-order valence-corrected chi connectivity index (χ3v) is 3.37. The molecule has 0 aromatic heterocycles. The maximum absolute atomic E-state index is 13.9. The summed E-state index contributed by atoms with van der Waals surface area (Å²) in [6.07, 6.45) is 0.622. The Bertz CT molecular complexity index is 580. The number of hydrogen-bond donors (Lipinski definition) is 2. The molecule has 2 aromatic carbocycles. The van der Waals surface area contributed by atoms with Crippen LogP contribution in [-0.2, 0) is 6.42 Å². The highest BCUT2D eigenvalue weighted by Crippen LogP contribution is 2.20. The van der Waals surface area contributed by atoms with Gasteiger partial charge in [-0.15, -0.1) is 0 Å². The lowest BCUT2D eigenvalue weighted by molar-refractivity contribution is 0.426. The molecule has 0 aliphatic rings. The van der Waals surface area contributed by atoms with Gasteiger partial charge in [-0.3, -0.25) is 0 Å². The molecule has 2 aromatic rings. The zero-order chi connectivity index (χ0) is 14.7. The lowest BCUT2D eigenvalue weighted by Crippen LogP contribution is -2.29. The Labute approximate surface area is 119 Å². The third kappa shape index (κ3) is 3.47. The van der Waals surface area contributed by atoms with Gasteiger partial charge < -0.3 is 10.0 Å². The molecule has 0 radical (unpaired) electrons. The zero-order valence-electron chi connectivity index (χ0n) is 11.7. The second-order valence-corrected chi connectivity index (χ2v) is 5.30. The van der Waals surface area contributed by atoms with E-state index in [1.54, 1.807) is 18.2 Å². The fourth-order valence-electron chi connectivity index (χ4n) is 2.19. The lowest BCUT2D eigenvalue weighted by atomic mass is 9.80. The van der Waals surface area contributed by atoms with Gasteiger partial charge in [0.25, 0.3) is 0 Å². The normalized spacial score (nSPS) is 10.9. The quantitative estimate of drug-likeness (QED) is 0.838. The summed E-state index contributed by atoms with van der Waals surface area (Å²) in [4.78, 5) is 0. The van der Waals surface area contributed by atoms with Gasteiger partial charge in [-0.1, -0.05) is 50.2 Å². The van der Waals surface area contributed by atoms with E-state index in [1.807, 2.05) is 38.1 Å². The van der Waals surface area contributed by atoms with Gasteiger partial charge in [0, 0.05) is 0 Å². The van der Waals surface area contributed by atoms with Crippen molar-refractivity contribution in [3.05, 3.63) is 65.0 Å². The van der Waals surface area contributed by atoms with Crippen LogP contribution in [0.4, 0.5) is 4.39 Å². The Morgan fingerprint density at radius 1 is 1.00 bits per heavy atom. The van der Waals surface area contributed by atoms with E-state index >= 15 is 0 Å². The molecule has 0 spiro atoms. The lowest BCUT2D eigenvalue weighted by Gasteiger charge is -2.09. The molecular formula is C16H18BFO2. The average Bonchev–Trinajstić information content (AvgIpc) is 2.39. The van der Waals surface area contributed by atoms with Crippen molar-refractivity contribution in [1.29, 1.82) is 0 Å². The van der Waals surface area contributed by atoms with Crippen LogP contribution >= 0.6 is 0 Å². The summed E-state index contributed by atoms with van der Waals surface area (Å²) in [5.41, 5.74) is 3.10. The first kappa shape index (κ1) is 14.8. The first-order valence-electron chi connectivity index (χ1n) is 6.70. The highest BCUT2D eigenvalue weighted by molar-refractivity contribution is 6.58. The Balaban J connectivity index is 2.15. The molecule has 0 bridgehead atoms. The molecule has 104 valence electrons. The molecule has 0 saturated carbocycles. The van der Waals surface area contributed by atoms with Gasteiger partial charge in [0.1, 0.15) is 5.82 Å². The summed E-state index contributed by atoms with van der Waals surface area (Å²) in [7, 11) is -1.45. The summed E-state index contributed by atoms with van der Waals surface area (Å²) in [5.74, 6) is 0.00859.